The second-order valence-electron chi connectivity index (χ2n) is 10.8. The van der Waals surface area contributed by atoms with Crippen LogP contribution in [0.4, 0.5) is 0 Å². The molecule has 15 N–H and O–H groups in total. The molecule has 4 amide bonds. The lowest BCUT2D eigenvalue weighted by Crippen LogP contribution is -2.85. The number of carbonyl (C=O) groups is 7. The molecule has 268 valence electrons. The molecule has 2 aliphatic rings. The van der Waals surface area contributed by atoms with Crippen molar-refractivity contribution in [2.24, 2.45) is 27.9 Å². The highest BCUT2D eigenvalue weighted by Gasteiger charge is 2.66. The Morgan fingerprint density at radius 1 is 1.12 bits per heavy atom. The van der Waals surface area contributed by atoms with Gasteiger partial charge in [0.25, 0.3) is 5.91 Å². The molecular formula is C26H41N9O12S. The van der Waals surface area contributed by atoms with Crippen molar-refractivity contribution in [1.29, 1.82) is 0 Å². The fourth-order valence-electron chi connectivity index (χ4n) is 4.79. The maximum Gasteiger partial charge on any atom is 0.352 e. The van der Waals surface area contributed by atoms with Crippen molar-refractivity contribution < 1.29 is 58.7 Å². The topological polar surface area (TPSA) is 365 Å². The number of aliphatic hydroxyl groups is 2. The van der Waals surface area contributed by atoms with Crippen LogP contribution in [-0.4, -0.2) is 134 Å². The lowest BCUT2D eigenvalue weighted by molar-refractivity contribution is -0.162. The molecule has 6 unspecified atom stereocenters. The summed E-state index contributed by atoms with van der Waals surface area (Å²) in [6.07, 6.45) is -1.83. The van der Waals surface area contributed by atoms with Crippen molar-refractivity contribution in [3.05, 3.63) is 11.3 Å². The number of aliphatic imine (C=N–C) groups is 1. The van der Waals surface area contributed by atoms with Gasteiger partial charge in [0.05, 0.1) is 25.2 Å². The van der Waals surface area contributed by atoms with Gasteiger partial charge in [-0.2, -0.15) is 0 Å². The van der Waals surface area contributed by atoms with Gasteiger partial charge in [0.1, 0.15) is 29.8 Å². The van der Waals surface area contributed by atoms with E-state index < -0.39 is 96.2 Å². The molecule has 0 bridgehead atoms. The SMILES string of the molecule is NC(N)=NCCCC(NC(=O)C(N)CO)C(O)CC(=O)OCC1=C(C(=O)O)N2C(=O)C(NC=O)(NC(=O)CCCC(N)C(=O)O)C2SC1. The molecule has 1 saturated heterocycles. The molecule has 0 radical (unpaired) electrons. The van der Waals surface area contributed by atoms with E-state index in [9.17, 15) is 43.8 Å². The molecule has 0 aliphatic carbocycles. The monoisotopic (exact) mass is 703 g/mol. The van der Waals surface area contributed by atoms with Crippen LogP contribution in [0.3, 0.4) is 0 Å². The smallest absolute Gasteiger partial charge is 0.352 e. The quantitative estimate of drug-likeness (QED) is 0.0101. The Morgan fingerprint density at radius 2 is 1.81 bits per heavy atom. The zero-order valence-corrected chi connectivity index (χ0v) is 26.5. The number of hydrogen-bond donors (Lipinski definition) is 11. The second-order valence-corrected chi connectivity index (χ2v) is 11.9. The van der Waals surface area contributed by atoms with E-state index in [4.69, 9.17) is 37.9 Å². The number of thioether (sulfide) groups is 1. The number of nitrogens with zero attached hydrogens (tertiary/aromatic N) is 2. The van der Waals surface area contributed by atoms with Gasteiger partial charge in [-0.15, -0.1) is 11.8 Å². The molecule has 0 aromatic rings. The highest BCUT2D eigenvalue weighted by atomic mass is 32.2. The fourth-order valence-corrected chi connectivity index (χ4v) is 6.20. The van der Waals surface area contributed by atoms with Crippen LogP contribution < -0.4 is 38.9 Å². The number of nitrogens with two attached hydrogens (primary N) is 4. The third kappa shape index (κ3) is 10.2. The van der Waals surface area contributed by atoms with E-state index in [0.717, 1.165) is 16.7 Å². The number of ether oxygens (including phenoxy) is 1. The second kappa shape index (κ2) is 18.1. The summed E-state index contributed by atoms with van der Waals surface area (Å²) in [6, 6.07) is -3.52. The van der Waals surface area contributed by atoms with E-state index in [1.807, 2.05) is 0 Å². The molecule has 0 aromatic carbocycles. The number of aliphatic carboxylic acids is 2. The summed E-state index contributed by atoms with van der Waals surface area (Å²) in [5.41, 5.74) is 19.0. The largest absolute Gasteiger partial charge is 0.480 e. The molecule has 6 atom stereocenters. The number of β-lactam (4-membered cyclic amide) rings is 1. The van der Waals surface area contributed by atoms with E-state index >= 15 is 0 Å². The first kappa shape index (κ1) is 39.7. The third-order valence-electron chi connectivity index (χ3n) is 7.29. The average molecular weight is 704 g/mol. The summed E-state index contributed by atoms with van der Waals surface area (Å²) in [7, 11) is 0. The van der Waals surface area contributed by atoms with Gasteiger partial charge in [-0.3, -0.25) is 38.7 Å². The molecule has 2 heterocycles. The minimum absolute atomic E-state index is 0.00429. The number of carbonyl (C=O) groups excluding carboxylic acids is 5. The lowest BCUT2D eigenvalue weighted by atomic mass is 9.94. The maximum atomic E-state index is 13.3. The maximum absolute atomic E-state index is 13.3. The summed E-state index contributed by atoms with van der Waals surface area (Å²) < 4.78 is 5.20. The number of rotatable bonds is 21. The summed E-state index contributed by atoms with van der Waals surface area (Å²) in [5, 5.41) is 44.7. The number of guanidine groups is 1. The van der Waals surface area contributed by atoms with Crippen molar-refractivity contribution in [2.45, 2.75) is 73.8 Å². The zero-order chi connectivity index (χ0) is 36.2. The number of hydrogen-bond acceptors (Lipinski definition) is 14. The van der Waals surface area contributed by atoms with Crippen molar-refractivity contribution in [3.8, 4) is 0 Å². The van der Waals surface area contributed by atoms with Crippen molar-refractivity contribution >= 4 is 59.8 Å². The summed E-state index contributed by atoms with van der Waals surface area (Å²) in [6.45, 7) is -1.13. The van der Waals surface area contributed by atoms with Gasteiger partial charge in [0.2, 0.25) is 23.9 Å². The average Bonchev–Trinajstić information content (AvgIpc) is 3.03. The van der Waals surface area contributed by atoms with Crippen molar-refractivity contribution in [2.75, 3.05) is 25.5 Å². The number of nitrogens with one attached hydrogen (secondary N) is 3. The van der Waals surface area contributed by atoms with E-state index in [1.165, 1.54) is 0 Å². The predicted molar refractivity (Wildman–Crippen MR) is 166 cm³/mol. The highest BCUT2D eigenvalue weighted by Crippen LogP contribution is 2.45. The zero-order valence-electron chi connectivity index (χ0n) is 25.7. The summed E-state index contributed by atoms with van der Waals surface area (Å²) in [4.78, 5) is 89.9. The number of carboxylic acids is 2. The lowest BCUT2D eigenvalue weighted by Gasteiger charge is -2.56. The van der Waals surface area contributed by atoms with Crippen LogP contribution in [0.2, 0.25) is 0 Å². The fraction of sp³-hybridized carbons (Fsp3) is 0.615. The molecule has 21 nitrogen and oxygen atoms in total. The Balaban J connectivity index is 2.11. The first-order valence-corrected chi connectivity index (χ1v) is 15.6. The van der Waals surface area contributed by atoms with Gasteiger partial charge < -0.3 is 64.0 Å². The van der Waals surface area contributed by atoms with E-state index in [-0.39, 0.29) is 62.3 Å². The Kier molecular flexibility index (Phi) is 15.0. The number of esters is 1. The van der Waals surface area contributed by atoms with E-state index in [1.54, 1.807) is 0 Å². The number of carboxylic acid groups (broad SMARTS) is 2. The Labute approximate surface area is 277 Å². The van der Waals surface area contributed by atoms with E-state index in [0.29, 0.717) is 0 Å². The first-order chi connectivity index (χ1) is 22.6. The third-order valence-corrected chi connectivity index (χ3v) is 8.69. The van der Waals surface area contributed by atoms with Gasteiger partial charge in [-0.25, -0.2) is 4.79 Å². The van der Waals surface area contributed by atoms with Gasteiger partial charge in [0, 0.05) is 24.3 Å². The van der Waals surface area contributed by atoms with Crippen LogP contribution in [0.25, 0.3) is 0 Å². The normalized spacial score (nSPS) is 21.0. The van der Waals surface area contributed by atoms with Gasteiger partial charge >= 0.3 is 17.9 Å². The first-order valence-electron chi connectivity index (χ1n) is 14.6. The minimum atomic E-state index is -2.00. The van der Waals surface area contributed by atoms with E-state index in [2.05, 4.69) is 20.9 Å². The Morgan fingerprint density at radius 3 is 2.40 bits per heavy atom. The number of aliphatic hydroxyl groups excluding tert-OH is 2. The summed E-state index contributed by atoms with van der Waals surface area (Å²) in [5.74, 6) is -6.58. The van der Waals surface area contributed by atoms with Gasteiger partial charge in [-0.05, 0) is 25.7 Å². The molecular weight excluding hydrogens is 662 g/mol. The molecule has 0 spiro atoms. The van der Waals surface area contributed by atoms with Gasteiger partial charge in [0.15, 0.2) is 5.96 Å². The van der Waals surface area contributed by atoms with Gasteiger partial charge in [-0.1, -0.05) is 0 Å². The van der Waals surface area contributed by atoms with Crippen LogP contribution in [0.1, 0.15) is 38.5 Å². The molecule has 48 heavy (non-hydrogen) atoms. The highest BCUT2D eigenvalue weighted by molar-refractivity contribution is 8.00. The summed E-state index contributed by atoms with van der Waals surface area (Å²) >= 11 is 0.964. The predicted octanol–water partition coefficient (Wildman–Crippen LogP) is -5.47. The number of amides is 4. The molecule has 22 heteroatoms. The Bertz CT molecular complexity index is 1310. The Hall–Kier alpha value is -4.51. The molecule has 2 rings (SSSR count). The van der Waals surface area contributed by atoms with Crippen molar-refractivity contribution in [1.82, 2.24) is 20.9 Å². The minimum Gasteiger partial charge on any atom is -0.480 e. The van der Waals surface area contributed by atoms with Crippen LogP contribution >= 0.6 is 11.8 Å². The molecule has 0 saturated carbocycles. The van der Waals surface area contributed by atoms with Crippen molar-refractivity contribution in [3.63, 3.8) is 0 Å². The standard InChI is InChI=1S/C26H41N9O12S/c27-13(21(42)43)3-1-5-17(39)34-26(32-11-37)23(46)35-19(22(44)45)12(10-48-24(26)35)9-47-18(40)7-16(38)15(4-2-6-31-25(29)30)33-20(41)14(28)8-36/h11,13-16,24,36,38H,1-10,27-28H2,(H,32,37)(H,33,41)(H,34,39)(H,42,43)(H,44,45)(H4,29,30,31). The van der Waals surface area contributed by atoms with Crippen LogP contribution in [0, 0.1) is 0 Å². The molecule has 0 aromatic heterocycles. The van der Waals surface area contributed by atoms with Crippen LogP contribution in [0.15, 0.2) is 16.3 Å². The van der Waals surface area contributed by atoms with Crippen LogP contribution in [-0.2, 0) is 38.3 Å². The molecule has 2 aliphatic heterocycles. The number of fused-ring (bicyclic) bond motifs is 1. The molecule has 1 fully saturated rings. The van der Waals surface area contributed by atoms with Crippen LogP contribution in [0.5, 0.6) is 0 Å².